The topological polar surface area (TPSA) is 66.0 Å². The maximum Gasteiger partial charge on any atom is 0.243 e. The van der Waals surface area contributed by atoms with Crippen LogP contribution in [-0.2, 0) is 9.53 Å². The van der Waals surface area contributed by atoms with Crippen molar-refractivity contribution in [3.8, 4) is 0 Å². The molecule has 0 unspecified atom stereocenters. The predicted molar refractivity (Wildman–Crippen MR) is 97.2 cm³/mol. The minimum Gasteiger partial charge on any atom is -0.381 e. The number of guanidine groups is 1. The van der Waals surface area contributed by atoms with Gasteiger partial charge in [-0.05, 0) is 49.4 Å². The Hall–Kier alpha value is -2.15. The van der Waals surface area contributed by atoms with Gasteiger partial charge in [0, 0.05) is 39.5 Å². The summed E-state index contributed by atoms with van der Waals surface area (Å²) in [5, 5.41) is 5.77. The SMILES string of the molecule is CN=C(NCC(=O)Nc1ccc(F)cc1)N(C)CCC1CCOCC1. The van der Waals surface area contributed by atoms with E-state index in [2.05, 4.69) is 15.6 Å². The van der Waals surface area contributed by atoms with Gasteiger partial charge in [-0.25, -0.2) is 4.39 Å². The molecule has 1 amide bonds. The fourth-order valence-electron chi connectivity index (χ4n) is 2.80. The Morgan fingerprint density at radius 3 is 2.64 bits per heavy atom. The third-order valence-corrected chi connectivity index (χ3v) is 4.32. The highest BCUT2D eigenvalue weighted by Crippen LogP contribution is 2.18. The normalized spacial score (nSPS) is 15.7. The summed E-state index contributed by atoms with van der Waals surface area (Å²) in [7, 11) is 3.66. The fraction of sp³-hybridized carbons (Fsp3) is 0.556. The zero-order valence-corrected chi connectivity index (χ0v) is 14.9. The molecular weight excluding hydrogens is 323 g/mol. The van der Waals surface area contributed by atoms with Crippen LogP contribution in [-0.4, -0.2) is 57.2 Å². The third-order valence-electron chi connectivity index (χ3n) is 4.32. The number of anilines is 1. The Labute approximate surface area is 148 Å². The highest BCUT2D eigenvalue weighted by atomic mass is 19.1. The van der Waals surface area contributed by atoms with Crippen molar-refractivity contribution in [3.05, 3.63) is 30.1 Å². The molecule has 0 saturated carbocycles. The van der Waals surface area contributed by atoms with E-state index in [4.69, 9.17) is 4.74 Å². The maximum absolute atomic E-state index is 12.9. The first-order chi connectivity index (χ1) is 12.1. The van der Waals surface area contributed by atoms with E-state index < -0.39 is 0 Å². The number of hydrogen-bond acceptors (Lipinski definition) is 3. The molecule has 1 heterocycles. The highest BCUT2D eigenvalue weighted by Gasteiger charge is 2.15. The number of benzene rings is 1. The Morgan fingerprint density at radius 2 is 2.00 bits per heavy atom. The van der Waals surface area contributed by atoms with Gasteiger partial charge < -0.3 is 20.3 Å². The van der Waals surface area contributed by atoms with Gasteiger partial charge in [0.05, 0.1) is 6.54 Å². The molecule has 1 aromatic carbocycles. The minimum absolute atomic E-state index is 0.103. The summed E-state index contributed by atoms with van der Waals surface area (Å²) in [6.45, 7) is 2.69. The number of carbonyl (C=O) groups excluding carboxylic acids is 1. The van der Waals surface area contributed by atoms with Crippen molar-refractivity contribution in [1.29, 1.82) is 0 Å². The number of amides is 1. The lowest BCUT2D eigenvalue weighted by atomic mass is 9.96. The molecule has 2 rings (SSSR count). The van der Waals surface area contributed by atoms with Crippen molar-refractivity contribution < 1.29 is 13.9 Å². The molecule has 0 aromatic heterocycles. The van der Waals surface area contributed by atoms with Crippen molar-refractivity contribution in [2.24, 2.45) is 10.9 Å². The Balaban J connectivity index is 1.72. The largest absolute Gasteiger partial charge is 0.381 e. The molecule has 1 aliphatic heterocycles. The molecule has 7 heteroatoms. The van der Waals surface area contributed by atoms with Crippen LogP contribution in [0.4, 0.5) is 10.1 Å². The van der Waals surface area contributed by atoms with Crippen LogP contribution in [0.3, 0.4) is 0 Å². The van der Waals surface area contributed by atoms with E-state index in [9.17, 15) is 9.18 Å². The van der Waals surface area contributed by atoms with Gasteiger partial charge in [0.1, 0.15) is 5.82 Å². The quantitative estimate of drug-likeness (QED) is 0.609. The lowest BCUT2D eigenvalue weighted by molar-refractivity contribution is -0.115. The minimum atomic E-state index is -0.331. The lowest BCUT2D eigenvalue weighted by Gasteiger charge is -2.26. The Bertz CT molecular complexity index is 571. The summed E-state index contributed by atoms with van der Waals surface area (Å²) < 4.78 is 18.2. The second kappa shape index (κ2) is 9.98. The molecular formula is C18H27FN4O2. The van der Waals surface area contributed by atoms with Crippen LogP contribution in [0, 0.1) is 11.7 Å². The van der Waals surface area contributed by atoms with Crippen LogP contribution in [0.5, 0.6) is 0 Å². The van der Waals surface area contributed by atoms with Crippen molar-refractivity contribution in [3.63, 3.8) is 0 Å². The summed E-state index contributed by atoms with van der Waals surface area (Å²) in [5.74, 6) is 0.839. The van der Waals surface area contributed by atoms with E-state index in [0.29, 0.717) is 17.6 Å². The fourth-order valence-corrected chi connectivity index (χ4v) is 2.80. The summed E-state index contributed by atoms with van der Waals surface area (Å²) in [6.07, 6.45) is 3.31. The van der Waals surface area contributed by atoms with Gasteiger partial charge in [-0.2, -0.15) is 0 Å². The van der Waals surface area contributed by atoms with E-state index in [-0.39, 0.29) is 18.3 Å². The number of rotatable bonds is 6. The molecule has 2 N–H and O–H groups in total. The summed E-state index contributed by atoms with van der Waals surface area (Å²) in [5.41, 5.74) is 0.566. The molecule has 1 fully saturated rings. The zero-order valence-electron chi connectivity index (χ0n) is 14.9. The first-order valence-electron chi connectivity index (χ1n) is 8.63. The third kappa shape index (κ3) is 6.70. The van der Waals surface area contributed by atoms with Crippen molar-refractivity contribution in [1.82, 2.24) is 10.2 Å². The van der Waals surface area contributed by atoms with Gasteiger partial charge in [0.25, 0.3) is 0 Å². The van der Waals surface area contributed by atoms with E-state index in [1.807, 2.05) is 11.9 Å². The Kier molecular flexibility index (Phi) is 7.66. The van der Waals surface area contributed by atoms with Crippen LogP contribution in [0.2, 0.25) is 0 Å². The van der Waals surface area contributed by atoms with Crippen molar-refractivity contribution >= 4 is 17.6 Å². The molecule has 0 radical (unpaired) electrons. The molecule has 1 aromatic rings. The number of ether oxygens (including phenoxy) is 1. The van der Waals surface area contributed by atoms with Crippen LogP contribution >= 0.6 is 0 Å². The van der Waals surface area contributed by atoms with Gasteiger partial charge >= 0.3 is 0 Å². The van der Waals surface area contributed by atoms with Crippen molar-refractivity contribution in [2.75, 3.05) is 45.7 Å². The van der Waals surface area contributed by atoms with Gasteiger partial charge in [0.2, 0.25) is 5.91 Å². The number of carbonyl (C=O) groups is 1. The van der Waals surface area contributed by atoms with Gasteiger partial charge in [-0.1, -0.05) is 0 Å². The van der Waals surface area contributed by atoms with Gasteiger partial charge in [-0.3, -0.25) is 9.79 Å². The van der Waals surface area contributed by atoms with E-state index in [1.54, 1.807) is 7.05 Å². The lowest BCUT2D eigenvalue weighted by Crippen LogP contribution is -2.43. The number of aliphatic imine (C=N–C) groups is 1. The highest BCUT2D eigenvalue weighted by molar-refractivity contribution is 5.94. The van der Waals surface area contributed by atoms with Gasteiger partial charge in [-0.15, -0.1) is 0 Å². The molecule has 0 spiro atoms. The second-order valence-corrected chi connectivity index (χ2v) is 6.22. The molecule has 138 valence electrons. The number of nitrogens with one attached hydrogen (secondary N) is 2. The molecule has 0 atom stereocenters. The van der Waals surface area contributed by atoms with E-state index >= 15 is 0 Å². The molecule has 1 aliphatic rings. The van der Waals surface area contributed by atoms with Crippen LogP contribution in [0.15, 0.2) is 29.3 Å². The second-order valence-electron chi connectivity index (χ2n) is 6.22. The molecule has 0 bridgehead atoms. The Morgan fingerprint density at radius 1 is 1.32 bits per heavy atom. The van der Waals surface area contributed by atoms with E-state index in [0.717, 1.165) is 39.0 Å². The number of halogens is 1. The standard InChI is InChI=1S/C18H27FN4O2/c1-20-18(23(2)10-7-14-8-11-25-12-9-14)21-13-17(24)22-16-5-3-15(19)4-6-16/h3-6,14H,7-13H2,1-2H3,(H,20,21)(H,22,24). The van der Waals surface area contributed by atoms with E-state index in [1.165, 1.54) is 24.3 Å². The average molecular weight is 350 g/mol. The van der Waals surface area contributed by atoms with Crippen LogP contribution in [0.25, 0.3) is 0 Å². The first-order valence-corrected chi connectivity index (χ1v) is 8.63. The predicted octanol–water partition coefficient (Wildman–Crippen LogP) is 2.09. The summed E-state index contributed by atoms with van der Waals surface area (Å²) in [4.78, 5) is 18.2. The zero-order chi connectivity index (χ0) is 18.1. The number of hydrogen-bond donors (Lipinski definition) is 2. The van der Waals surface area contributed by atoms with Gasteiger partial charge in [0.15, 0.2) is 5.96 Å². The molecule has 1 saturated heterocycles. The number of nitrogens with zero attached hydrogens (tertiary/aromatic N) is 2. The molecule has 0 aliphatic carbocycles. The van der Waals surface area contributed by atoms with Crippen LogP contribution < -0.4 is 10.6 Å². The molecule has 6 nitrogen and oxygen atoms in total. The van der Waals surface area contributed by atoms with Crippen molar-refractivity contribution in [2.45, 2.75) is 19.3 Å². The summed E-state index contributed by atoms with van der Waals surface area (Å²) >= 11 is 0. The molecule has 25 heavy (non-hydrogen) atoms. The monoisotopic (exact) mass is 350 g/mol. The average Bonchev–Trinajstić information content (AvgIpc) is 2.63. The maximum atomic E-state index is 12.9. The first kappa shape index (κ1) is 19.2. The smallest absolute Gasteiger partial charge is 0.243 e. The summed E-state index contributed by atoms with van der Waals surface area (Å²) in [6, 6.07) is 5.68. The van der Waals surface area contributed by atoms with Crippen LogP contribution in [0.1, 0.15) is 19.3 Å².